The number of fused-ring (bicyclic) bond motifs is 6. The largest absolute Gasteiger partial charge is 0.465 e. The highest BCUT2D eigenvalue weighted by atomic mass is 79.9. The van der Waals surface area contributed by atoms with Gasteiger partial charge in [0.15, 0.2) is 18.4 Å². The number of alkyl halides is 1. The average molecular weight is 677 g/mol. The molecule has 0 saturated heterocycles. The summed E-state index contributed by atoms with van der Waals surface area (Å²) in [5, 5.41) is 10.2. The van der Waals surface area contributed by atoms with Crippen LogP contribution in [0.5, 0.6) is 0 Å². The van der Waals surface area contributed by atoms with Crippen LogP contribution in [0, 0.1) is 0 Å². The monoisotopic (exact) mass is 675 g/mol. The molecule has 0 radical (unpaired) electrons. The highest BCUT2D eigenvalue weighted by Gasteiger charge is 2.30. The van der Waals surface area contributed by atoms with Gasteiger partial charge in [-0.2, -0.15) is 0 Å². The van der Waals surface area contributed by atoms with Gasteiger partial charge in [0.1, 0.15) is 0 Å². The molecule has 8 heteroatoms. The van der Waals surface area contributed by atoms with Gasteiger partial charge in [0.05, 0.1) is 13.2 Å². The van der Waals surface area contributed by atoms with Gasteiger partial charge in [-0.25, -0.2) is 9.59 Å². The van der Waals surface area contributed by atoms with E-state index < -0.39 is 24.7 Å². The number of nitrogens with zero attached hydrogens (tertiary/aromatic N) is 1. The summed E-state index contributed by atoms with van der Waals surface area (Å²) >= 11 is 3.65. The quantitative estimate of drug-likeness (QED) is 0.108. The summed E-state index contributed by atoms with van der Waals surface area (Å²) in [6.45, 7) is 0.269. The molecule has 4 aromatic rings. The molecule has 0 saturated carbocycles. The fraction of sp³-hybridized carbons (Fsp3) is 0.184. The summed E-state index contributed by atoms with van der Waals surface area (Å²) < 4.78 is 11.4. The van der Waals surface area contributed by atoms with Crippen molar-refractivity contribution in [1.29, 1.82) is 0 Å². The molecule has 7 rings (SSSR count). The molecule has 4 aromatic carbocycles. The van der Waals surface area contributed by atoms with Crippen molar-refractivity contribution in [3.63, 3.8) is 0 Å². The SMILES string of the molecule is O=C(COC(=O)C1C=CC=CN1C(=O)O)c1ccc2c(c1)COCc1cc(-c3c(CCBr)ccc4c3Cc3ccccc3-4)ccc1-2. The summed E-state index contributed by atoms with van der Waals surface area (Å²) in [6, 6.07) is 24.1. The molecule has 46 heavy (non-hydrogen) atoms. The zero-order valence-electron chi connectivity index (χ0n) is 24.9. The standard InChI is InChI=1S/C38H30BrNO6/c39-15-14-23-8-13-32-29-6-2-1-5-24(29)19-33(32)36(23)26-10-12-31-28(18-26)21-45-20-27-17-25(9-11-30(27)31)35(41)22-46-37(42)34-7-3-4-16-40(34)38(43)44/h1-13,16-18,34H,14-15,19-22H2,(H,43,44). The molecule has 1 N–H and O–H groups in total. The van der Waals surface area contributed by atoms with E-state index >= 15 is 0 Å². The first-order valence-electron chi connectivity index (χ1n) is 15.1. The van der Waals surface area contributed by atoms with Crippen LogP contribution >= 0.6 is 15.9 Å². The number of esters is 1. The second kappa shape index (κ2) is 12.5. The molecule has 1 unspecified atom stereocenters. The van der Waals surface area contributed by atoms with Crippen molar-refractivity contribution in [2.24, 2.45) is 0 Å². The van der Waals surface area contributed by atoms with Crippen LogP contribution in [-0.2, 0) is 40.3 Å². The van der Waals surface area contributed by atoms with Crippen molar-refractivity contribution in [2.75, 3.05) is 11.9 Å². The summed E-state index contributed by atoms with van der Waals surface area (Å²) in [7, 11) is 0. The van der Waals surface area contributed by atoms with Crippen LogP contribution in [0.3, 0.4) is 0 Å². The highest BCUT2D eigenvalue weighted by Crippen LogP contribution is 2.44. The van der Waals surface area contributed by atoms with Gasteiger partial charge in [0, 0.05) is 17.1 Å². The molecule has 7 nitrogen and oxygen atoms in total. The molecule has 2 heterocycles. The number of carbonyl (C=O) groups excluding carboxylic acids is 2. The van der Waals surface area contributed by atoms with Crippen molar-refractivity contribution >= 4 is 33.8 Å². The Morgan fingerprint density at radius 2 is 1.61 bits per heavy atom. The number of hydrogen-bond acceptors (Lipinski definition) is 5. The lowest BCUT2D eigenvalue weighted by Crippen LogP contribution is -2.42. The van der Waals surface area contributed by atoms with Crippen LogP contribution in [0.1, 0.15) is 38.2 Å². The van der Waals surface area contributed by atoms with Gasteiger partial charge in [-0.15, -0.1) is 0 Å². The molecule has 230 valence electrons. The summed E-state index contributed by atoms with van der Waals surface area (Å²) in [5.74, 6) is -1.20. The first kappa shape index (κ1) is 29.9. The maximum atomic E-state index is 13.0. The number of hydrogen-bond donors (Lipinski definition) is 1. The Morgan fingerprint density at radius 3 is 2.41 bits per heavy atom. The van der Waals surface area contributed by atoms with E-state index in [1.807, 2.05) is 6.07 Å². The molecular formula is C38H30BrNO6. The molecule has 0 fully saturated rings. The van der Waals surface area contributed by atoms with E-state index in [2.05, 4.69) is 70.5 Å². The second-order valence-electron chi connectivity index (χ2n) is 11.5. The van der Waals surface area contributed by atoms with E-state index in [0.717, 1.165) is 45.3 Å². The Labute approximate surface area is 274 Å². The van der Waals surface area contributed by atoms with E-state index in [0.29, 0.717) is 18.8 Å². The Morgan fingerprint density at radius 1 is 0.870 bits per heavy atom. The van der Waals surface area contributed by atoms with Crippen LogP contribution in [0.2, 0.25) is 0 Å². The fourth-order valence-corrected chi connectivity index (χ4v) is 7.09. The number of amides is 1. The number of aryl methyl sites for hydroxylation is 1. The Kier molecular flexibility index (Phi) is 8.15. The van der Waals surface area contributed by atoms with Gasteiger partial charge >= 0.3 is 12.1 Å². The Bertz CT molecular complexity index is 1960. The smallest absolute Gasteiger partial charge is 0.412 e. The maximum Gasteiger partial charge on any atom is 0.412 e. The summed E-state index contributed by atoms with van der Waals surface area (Å²) in [6.07, 6.45) is 6.31. The number of allylic oxidation sites excluding steroid dienone is 2. The molecule has 1 amide bonds. The van der Waals surface area contributed by atoms with Crippen LogP contribution < -0.4 is 0 Å². The molecule has 0 bridgehead atoms. The van der Waals surface area contributed by atoms with E-state index in [4.69, 9.17) is 9.47 Å². The van der Waals surface area contributed by atoms with Crippen LogP contribution in [0.4, 0.5) is 4.79 Å². The molecule has 0 spiro atoms. The first-order valence-corrected chi connectivity index (χ1v) is 16.2. The van der Waals surface area contributed by atoms with Crippen LogP contribution in [0.15, 0.2) is 97.2 Å². The molecule has 2 aliphatic heterocycles. The number of halogens is 1. The number of benzene rings is 4. The van der Waals surface area contributed by atoms with E-state index in [1.54, 1.807) is 18.2 Å². The molecular weight excluding hydrogens is 646 g/mol. The van der Waals surface area contributed by atoms with E-state index in [1.165, 1.54) is 57.3 Å². The number of carbonyl (C=O) groups is 3. The summed E-state index contributed by atoms with van der Waals surface area (Å²) in [5.41, 5.74) is 13.5. The number of Topliss-reactive ketones (excluding diaryl/α,β-unsaturated/α-hetero) is 1. The van der Waals surface area contributed by atoms with Crippen molar-refractivity contribution in [3.05, 3.63) is 131 Å². The zero-order valence-corrected chi connectivity index (χ0v) is 26.5. The lowest BCUT2D eigenvalue weighted by atomic mass is 9.87. The predicted octanol–water partition coefficient (Wildman–Crippen LogP) is 7.72. The zero-order chi connectivity index (χ0) is 31.8. The van der Waals surface area contributed by atoms with Gasteiger partial charge in [-0.05, 0) is 92.2 Å². The topological polar surface area (TPSA) is 93.1 Å². The van der Waals surface area contributed by atoms with Gasteiger partial charge < -0.3 is 14.6 Å². The van der Waals surface area contributed by atoms with E-state index in [9.17, 15) is 19.5 Å². The number of carboxylic acid groups (broad SMARTS) is 1. The number of rotatable bonds is 7. The first-order chi connectivity index (χ1) is 22.4. The molecule has 1 aliphatic carbocycles. The normalized spacial score (nSPS) is 15.8. The number of ketones is 1. The van der Waals surface area contributed by atoms with Crippen molar-refractivity contribution in [3.8, 4) is 33.4 Å². The van der Waals surface area contributed by atoms with Crippen molar-refractivity contribution in [2.45, 2.75) is 32.1 Å². The third-order valence-corrected chi connectivity index (χ3v) is 9.22. The number of ether oxygens (including phenoxy) is 2. The molecule has 0 aromatic heterocycles. The molecule has 1 atom stereocenters. The highest BCUT2D eigenvalue weighted by molar-refractivity contribution is 9.09. The third-order valence-electron chi connectivity index (χ3n) is 8.82. The molecule has 3 aliphatic rings. The summed E-state index contributed by atoms with van der Waals surface area (Å²) in [4.78, 5) is 37.9. The maximum absolute atomic E-state index is 13.0. The minimum atomic E-state index is -1.29. The van der Waals surface area contributed by atoms with Crippen LogP contribution in [-0.4, -0.2) is 45.8 Å². The van der Waals surface area contributed by atoms with Crippen molar-refractivity contribution in [1.82, 2.24) is 4.90 Å². The van der Waals surface area contributed by atoms with E-state index in [-0.39, 0.29) is 5.78 Å². The van der Waals surface area contributed by atoms with Gasteiger partial charge in [-0.1, -0.05) is 88.7 Å². The van der Waals surface area contributed by atoms with Gasteiger partial charge in [-0.3, -0.25) is 9.69 Å². The second-order valence-corrected chi connectivity index (χ2v) is 12.3. The fourth-order valence-electron chi connectivity index (χ4n) is 6.66. The average Bonchev–Trinajstić information content (AvgIpc) is 3.35. The van der Waals surface area contributed by atoms with Crippen LogP contribution in [0.25, 0.3) is 33.4 Å². The third kappa shape index (κ3) is 5.48. The van der Waals surface area contributed by atoms with Gasteiger partial charge in [0.2, 0.25) is 0 Å². The lowest BCUT2D eigenvalue weighted by molar-refractivity contribution is -0.145. The Balaban J connectivity index is 1.15. The Hall–Kier alpha value is -4.79. The lowest BCUT2D eigenvalue weighted by Gasteiger charge is -2.23. The van der Waals surface area contributed by atoms with Crippen molar-refractivity contribution < 1.29 is 29.0 Å². The van der Waals surface area contributed by atoms with Gasteiger partial charge in [0.25, 0.3) is 0 Å². The minimum Gasteiger partial charge on any atom is -0.465 e. The predicted molar refractivity (Wildman–Crippen MR) is 179 cm³/mol. The minimum absolute atomic E-state index is 0.331.